The second-order valence-corrected chi connectivity index (χ2v) is 18.6. The van der Waals surface area contributed by atoms with Crippen LogP contribution in [0.2, 0.25) is 0 Å². The van der Waals surface area contributed by atoms with E-state index in [0.717, 1.165) is 52.1 Å². The van der Waals surface area contributed by atoms with Crippen LogP contribution in [0.5, 0.6) is 0 Å². The highest BCUT2D eigenvalue weighted by atomic mass is 32.1. The molecule has 1 fully saturated rings. The van der Waals surface area contributed by atoms with Crippen molar-refractivity contribution in [2.24, 2.45) is 11.1 Å². The summed E-state index contributed by atoms with van der Waals surface area (Å²) in [5.74, 6) is -2.09. The number of aliphatic hydroxyl groups is 1. The van der Waals surface area contributed by atoms with Gasteiger partial charge in [0.15, 0.2) is 0 Å². The fourth-order valence-corrected chi connectivity index (χ4v) is 7.83. The van der Waals surface area contributed by atoms with Crippen LogP contribution in [0.4, 0.5) is 4.79 Å². The van der Waals surface area contributed by atoms with Gasteiger partial charge in [-0.1, -0.05) is 75.7 Å². The lowest BCUT2D eigenvalue weighted by Crippen LogP contribution is -2.57. The molecule has 0 radical (unpaired) electrons. The van der Waals surface area contributed by atoms with E-state index in [0.29, 0.717) is 6.42 Å². The van der Waals surface area contributed by atoms with Gasteiger partial charge < -0.3 is 41.7 Å². The topological polar surface area (TPSA) is 222 Å². The average Bonchev–Trinajstić information content (AvgIpc) is 3.80. The van der Waals surface area contributed by atoms with Crippen LogP contribution in [0.3, 0.4) is 0 Å². The van der Waals surface area contributed by atoms with Gasteiger partial charge in [-0.15, -0.1) is 11.3 Å². The van der Waals surface area contributed by atoms with Crippen LogP contribution < -0.4 is 27.0 Å². The highest BCUT2D eigenvalue weighted by molar-refractivity contribution is 7.13. The van der Waals surface area contributed by atoms with Gasteiger partial charge in [-0.3, -0.25) is 24.0 Å². The number of aliphatic hydroxyl groups excluding tert-OH is 1. The molecule has 0 unspecified atom stereocenters. The molecule has 0 saturated carbocycles. The monoisotopic (exact) mass is 861 g/mol. The van der Waals surface area contributed by atoms with E-state index in [2.05, 4.69) is 26.3 Å². The molecular formula is C45H63N7O8S. The number of aryl methyl sites for hydroxylation is 2. The summed E-state index contributed by atoms with van der Waals surface area (Å²) in [6.07, 6.45) is 1.54. The van der Waals surface area contributed by atoms with Gasteiger partial charge in [-0.05, 0) is 81.0 Å². The zero-order chi connectivity index (χ0) is 44.9. The van der Waals surface area contributed by atoms with E-state index < -0.39 is 59.1 Å². The molecule has 16 heteroatoms. The van der Waals surface area contributed by atoms with Crippen LogP contribution in [0.1, 0.15) is 109 Å². The molecule has 2 heterocycles. The average molecular weight is 862 g/mol. The molecule has 1 aliphatic rings. The summed E-state index contributed by atoms with van der Waals surface area (Å²) >= 11 is 1.57. The van der Waals surface area contributed by atoms with Gasteiger partial charge in [0.2, 0.25) is 29.5 Å². The Morgan fingerprint density at radius 1 is 0.902 bits per heavy atom. The molecule has 1 aliphatic heterocycles. The third-order valence-corrected chi connectivity index (χ3v) is 11.2. The first kappa shape index (κ1) is 48.3. The standard InChI is InChI=1S/C45H63N7O8S/c1-28-38(61-27-49-28)32-18-16-30(17-19-32)24-48-41(57)35-23-33(53)26-52(35)42(58)39(44(2,3)4)51-37(55)15-10-8-9-12-29-13-11-14-31(22-29)25-47-40(56)34(20-21-36(46)54)50-43(59)60-45(5,6)7/h11,13-14,16-19,22,27,33-35,39,53H,8-10,12,15,20-21,23-26H2,1-7H3,(H2,46,54)(H,47,56)(H,48,57)(H,50,59)(H,51,55)/t33-,34+,35+,39-/m1/s1. The number of unbranched alkanes of at least 4 members (excludes halogenated alkanes) is 2. The van der Waals surface area contributed by atoms with E-state index >= 15 is 0 Å². The number of hydrogen-bond acceptors (Lipinski definition) is 10. The second kappa shape index (κ2) is 22.0. The number of carbonyl (C=O) groups excluding carboxylic acids is 6. The number of nitrogens with zero attached hydrogens (tertiary/aromatic N) is 2. The summed E-state index contributed by atoms with van der Waals surface area (Å²) in [4.78, 5) is 84.2. The number of nitrogens with two attached hydrogens (primary N) is 1. The van der Waals surface area contributed by atoms with Crippen molar-refractivity contribution in [1.82, 2.24) is 31.2 Å². The van der Waals surface area contributed by atoms with Crippen LogP contribution >= 0.6 is 11.3 Å². The number of primary amides is 1. The third-order valence-electron chi connectivity index (χ3n) is 10.2. The zero-order valence-electron chi connectivity index (χ0n) is 36.5. The summed E-state index contributed by atoms with van der Waals surface area (Å²) < 4.78 is 5.27. The largest absolute Gasteiger partial charge is 0.444 e. The van der Waals surface area contributed by atoms with E-state index in [1.165, 1.54) is 4.90 Å². The first-order valence-electron chi connectivity index (χ1n) is 20.9. The van der Waals surface area contributed by atoms with Crippen LogP contribution in [-0.2, 0) is 48.2 Å². The van der Waals surface area contributed by atoms with Crippen LogP contribution in [0, 0.1) is 12.3 Å². The van der Waals surface area contributed by atoms with Crippen molar-refractivity contribution >= 4 is 47.0 Å². The maximum Gasteiger partial charge on any atom is 0.408 e. The lowest BCUT2D eigenvalue weighted by molar-refractivity contribution is -0.144. The lowest BCUT2D eigenvalue weighted by Gasteiger charge is -2.35. The Hall–Kier alpha value is -5.35. The Morgan fingerprint density at radius 2 is 1.59 bits per heavy atom. The molecule has 0 spiro atoms. The van der Waals surface area contributed by atoms with E-state index in [-0.39, 0.29) is 57.1 Å². The van der Waals surface area contributed by atoms with Crippen molar-refractivity contribution in [3.63, 3.8) is 0 Å². The predicted molar refractivity (Wildman–Crippen MR) is 234 cm³/mol. The summed E-state index contributed by atoms with van der Waals surface area (Å²) in [5, 5.41) is 21.8. The van der Waals surface area contributed by atoms with E-state index in [9.17, 15) is 33.9 Å². The van der Waals surface area contributed by atoms with Gasteiger partial charge >= 0.3 is 6.09 Å². The van der Waals surface area contributed by atoms with Crippen molar-refractivity contribution in [1.29, 1.82) is 0 Å². The second-order valence-electron chi connectivity index (χ2n) is 17.7. The zero-order valence-corrected chi connectivity index (χ0v) is 37.3. The van der Waals surface area contributed by atoms with Crippen molar-refractivity contribution in [3.8, 4) is 10.4 Å². The normalized spacial score (nSPS) is 16.3. The molecule has 2 aromatic carbocycles. The summed E-state index contributed by atoms with van der Waals surface area (Å²) in [7, 11) is 0. The van der Waals surface area contributed by atoms with Gasteiger partial charge in [-0.25, -0.2) is 9.78 Å². The van der Waals surface area contributed by atoms with Gasteiger partial charge in [0.1, 0.15) is 23.7 Å². The molecular weight excluding hydrogens is 799 g/mol. The summed E-state index contributed by atoms with van der Waals surface area (Å²) in [5.41, 5.74) is 10.5. The maximum atomic E-state index is 14.0. The SMILES string of the molecule is Cc1ncsc1-c1ccc(CNC(=O)[C@@H]2C[C@@H](O)CN2C(=O)[C@@H](NC(=O)CCCCCc2cccc(CNC(=O)[C@H](CCC(N)=O)NC(=O)OC(C)(C)C)c2)C(C)(C)C)cc1. The highest BCUT2D eigenvalue weighted by Gasteiger charge is 2.44. The number of carbonyl (C=O) groups is 6. The number of hydrogen-bond donors (Lipinski definition) is 6. The van der Waals surface area contributed by atoms with Gasteiger partial charge in [0, 0.05) is 38.9 Å². The smallest absolute Gasteiger partial charge is 0.408 e. The van der Waals surface area contributed by atoms with E-state index in [1.54, 1.807) is 32.1 Å². The summed E-state index contributed by atoms with van der Waals surface area (Å²) in [6.45, 7) is 13.1. The molecule has 3 aromatic rings. The lowest BCUT2D eigenvalue weighted by atomic mass is 9.85. The number of alkyl carbamates (subject to hydrolysis) is 1. The minimum Gasteiger partial charge on any atom is -0.444 e. The molecule has 7 N–H and O–H groups in total. The van der Waals surface area contributed by atoms with Crippen molar-refractivity contribution < 1.29 is 38.6 Å². The maximum absolute atomic E-state index is 14.0. The molecule has 4 atom stereocenters. The Bertz CT molecular complexity index is 1990. The molecule has 0 bridgehead atoms. The number of thiazole rings is 1. The Labute approximate surface area is 363 Å². The number of benzene rings is 2. The number of β-amino-alcohol motifs (C(OH)–C–C–N with tert-alkyl or cyclic N) is 1. The fourth-order valence-electron chi connectivity index (χ4n) is 7.02. The van der Waals surface area contributed by atoms with Gasteiger partial charge in [0.25, 0.3) is 0 Å². The molecule has 6 amide bonds. The number of nitrogens with one attached hydrogen (secondary N) is 4. The first-order chi connectivity index (χ1) is 28.7. The number of aromatic nitrogens is 1. The van der Waals surface area contributed by atoms with Gasteiger partial charge in [-0.2, -0.15) is 0 Å². The van der Waals surface area contributed by atoms with Crippen LogP contribution in [0.15, 0.2) is 54.0 Å². The predicted octanol–water partition coefficient (Wildman–Crippen LogP) is 4.81. The minimum absolute atomic E-state index is 0.00137. The van der Waals surface area contributed by atoms with Crippen molar-refractivity contribution in [2.45, 2.75) is 143 Å². The minimum atomic E-state index is -1.00. The molecule has 1 aromatic heterocycles. The molecule has 1 saturated heterocycles. The highest BCUT2D eigenvalue weighted by Crippen LogP contribution is 2.28. The fraction of sp³-hybridized carbons (Fsp3) is 0.533. The molecule has 332 valence electrons. The van der Waals surface area contributed by atoms with Gasteiger partial charge in [0.05, 0.1) is 22.2 Å². The van der Waals surface area contributed by atoms with Crippen molar-refractivity contribution in [2.75, 3.05) is 6.54 Å². The quantitative estimate of drug-likeness (QED) is 0.0910. The molecule has 15 nitrogen and oxygen atoms in total. The molecule has 61 heavy (non-hydrogen) atoms. The van der Waals surface area contributed by atoms with Crippen molar-refractivity contribution in [3.05, 3.63) is 76.4 Å². The molecule has 4 rings (SSSR count). The number of amides is 6. The Balaban J connectivity index is 1.23. The third kappa shape index (κ3) is 15.6. The molecule has 0 aliphatic carbocycles. The Kier molecular flexibility index (Phi) is 17.4. The van der Waals surface area contributed by atoms with E-state index in [1.807, 2.05) is 81.7 Å². The first-order valence-corrected chi connectivity index (χ1v) is 21.8. The number of rotatable bonds is 19. The van der Waals surface area contributed by atoms with Crippen LogP contribution in [-0.4, -0.2) is 87.0 Å². The number of likely N-dealkylation sites (tertiary alicyclic amines) is 1. The summed E-state index contributed by atoms with van der Waals surface area (Å²) in [6, 6.07) is 12.8. The Morgan fingerprint density at radius 3 is 2.23 bits per heavy atom. The van der Waals surface area contributed by atoms with Crippen LogP contribution in [0.25, 0.3) is 10.4 Å². The van der Waals surface area contributed by atoms with E-state index in [4.69, 9.17) is 10.5 Å². The number of ether oxygens (including phenoxy) is 1.